The predicted molar refractivity (Wildman–Crippen MR) is 154 cm³/mol. The van der Waals surface area contributed by atoms with Crippen molar-refractivity contribution in [3.8, 4) is 17.2 Å². The van der Waals surface area contributed by atoms with Crippen LogP contribution >= 0.6 is 0 Å². The number of fused-ring (bicyclic) bond motifs is 1. The number of allylic oxidation sites excluding steroid dienone is 3. The fraction of sp³-hybridized carbons (Fsp3) is 0.424. The van der Waals surface area contributed by atoms with E-state index < -0.39 is 17.7 Å². The van der Waals surface area contributed by atoms with Crippen LogP contribution in [0, 0.1) is 13.8 Å². The second kappa shape index (κ2) is 12.3. The summed E-state index contributed by atoms with van der Waals surface area (Å²) < 4.78 is 33.0. The van der Waals surface area contributed by atoms with Crippen molar-refractivity contribution < 1.29 is 33.6 Å². The molecule has 4 rings (SSSR count). The highest BCUT2D eigenvalue weighted by Crippen LogP contribution is 2.39. The minimum Gasteiger partial charge on any atom is -0.493 e. The highest BCUT2D eigenvalue weighted by Gasteiger charge is 2.27. The molecule has 7 heteroatoms. The lowest BCUT2D eigenvalue weighted by Gasteiger charge is -2.21. The molecule has 2 N–H and O–H groups in total. The van der Waals surface area contributed by atoms with Gasteiger partial charge in [-0.25, -0.2) is 4.39 Å². The molecular weight excluding hydrogens is 511 g/mol. The molecule has 40 heavy (non-hydrogen) atoms. The largest absolute Gasteiger partial charge is 0.493 e. The van der Waals surface area contributed by atoms with Crippen LogP contribution in [0.5, 0.6) is 17.2 Å². The molecule has 0 aromatic heterocycles. The van der Waals surface area contributed by atoms with Crippen molar-refractivity contribution in [1.29, 1.82) is 0 Å². The van der Waals surface area contributed by atoms with Crippen molar-refractivity contribution in [2.24, 2.45) is 0 Å². The molecule has 2 aromatic rings. The fourth-order valence-corrected chi connectivity index (χ4v) is 5.35. The van der Waals surface area contributed by atoms with Gasteiger partial charge in [0.15, 0.2) is 0 Å². The van der Waals surface area contributed by atoms with E-state index in [1.807, 2.05) is 38.1 Å². The zero-order valence-corrected chi connectivity index (χ0v) is 23.8. The molecule has 0 spiro atoms. The number of ether oxygens (including phenoxy) is 3. The van der Waals surface area contributed by atoms with E-state index >= 15 is 4.39 Å². The van der Waals surface area contributed by atoms with Gasteiger partial charge in [0.2, 0.25) is 0 Å². The Morgan fingerprint density at radius 3 is 2.55 bits per heavy atom. The average Bonchev–Trinajstić information content (AvgIpc) is 3.24. The lowest BCUT2D eigenvalue weighted by molar-refractivity contribution is -0.137. The maximum Gasteiger partial charge on any atom is 0.304 e. The molecule has 1 heterocycles. The highest BCUT2D eigenvalue weighted by atomic mass is 19.1. The molecule has 2 aliphatic rings. The monoisotopic (exact) mass is 550 g/mol. The summed E-state index contributed by atoms with van der Waals surface area (Å²) in [4.78, 5) is 11.1. The van der Waals surface area contributed by atoms with E-state index in [-0.39, 0.29) is 18.2 Å². The fourth-order valence-electron chi connectivity index (χ4n) is 5.35. The Labute approximate surface area is 235 Å². The van der Waals surface area contributed by atoms with Gasteiger partial charge >= 0.3 is 5.97 Å². The summed E-state index contributed by atoms with van der Waals surface area (Å²) in [6.07, 6.45) is 5.22. The molecule has 0 unspecified atom stereocenters. The normalized spacial score (nSPS) is 22.0. The Bertz CT molecular complexity index is 1310. The molecule has 1 aliphatic heterocycles. The van der Waals surface area contributed by atoms with Gasteiger partial charge < -0.3 is 24.4 Å². The molecule has 0 radical (unpaired) electrons. The number of carboxylic acid groups (broad SMARTS) is 1. The lowest BCUT2D eigenvalue weighted by atomic mass is 9.91. The maximum absolute atomic E-state index is 15.2. The molecule has 0 amide bonds. The third kappa shape index (κ3) is 7.54. The number of carbonyl (C=O) groups is 1. The van der Waals surface area contributed by atoms with Crippen molar-refractivity contribution in [2.45, 2.75) is 77.4 Å². The molecule has 6 nitrogen and oxygen atoms in total. The summed E-state index contributed by atoms with van der Waals surface area (Å²) >= 11 is 0. The number of aliphatic hydroxyl groups is 1. The minimum atomic E-state index is -0.859. The third-order valence-electron chi connectivity index (χ3n) is 7.34. The van der Waals surface area contributed by atoms with E-state index in [1.54, 1.807) is 26.0 Å². The van der Waals surface area contributed by atoms with Crippen LogP contribution in [0.15, 0.2) is 60.5 Å². The Balaban J connectivity index is 1.46. The lowest BCUT2D eigenvalue weighted by Crippen LogP contribution is -2.21. The van der Waals surface area contributed by atoms with Gasteiger partial charge in [-0.05, 0) is 105 Å². The summed E-state index contributed by atoms with van der Waals surface area (Å²) in [5.74, 6) is 0.520. The number of aryl methyl sites for hydroxylation is 2. The Morgan fingerprint density at radius 1 is 1.15 bits per heavy atom. The van der Waals surface area contributed by atoms with Gasteiger partial charge in [0.1, 0.15) is 29.2 Å². The van der Waals surface area contributed by atoms with E-state index in [0.29, 0.717) is 49.5 Å². The number of rotatable bonds is 9. The van der Waals surface area contributed by atoms with Gasteiger partial charge in [-0.1, -0.05) is 12.6 Å². The van der Waals surface area contributed by atoms with Crippen LogP contribution in [0.3, 0.4) is 0 Å². The molecule has 2 aromatic carbocycles. The van der Waals surface area contributed by atoms with E-state index in [1.165, 1.54) is 6.08 Å². The number of halogens is 1. The van der Waals surface area contributed by atoms with Gasteiger partial charge in [-0.2, -0.15) is 0 Å². The first-order valence-corrected chi connectivity index (χ1v) is 13.8. The zero-order chi connectivity index (χ0) is 29.0. The molecule has 214 valence electrons. The van der Waals surface area contributed by atoms with E-state index in [4.69, 9.17) is 19.3 Å². The Kier molecular flexibility index (Phi) is 9.04. The highest BCUT2D eigenvalue weighted by molar-refractivity contribution is 5.73. The standard InChI is InChI=1S/C33H39FO6/c1-20-13-25(34)16-23(32-21(2)14-27(15-22(32)3)38-12-11-33(4,5)37)7-6-8-29(20)40-26-9-10-28-24(17-31(35)36)19-39-30(28)18-26/h9-10,13-16,18,24,29,37H,1,6-8,11-12,17,19H2,2-5H3,(H,35,36)/b23-16+,25-13+/t24-,29-/m1/s1. The van der Waals surface area contributed by atoms with E-state index in [2.05, 4.69) is 6.58 Å². The Morgan fingerprint density at radius 2 is 1.88 bits per heavy atom. The van der Waals surface area contributed by atoms with Crippen LogP contribution in [-0.4, -0.2) is 41.1 Å². The predicted octanol–water partition coefficient (Wildman–Crippen LogP) is 7.22. The number of hydrogen-bond donors (Lipinski definition) is 2. The molecule has 0 bridgehead atoms. The van der Waals surface area contributed by atoms with Gasteiger partial charge in [0.25, 0.3) is 0 Å². The summed E-state index contributed by atoms with van der Waals surface area (Å²) in [6, 6.07) is 9.36. The maximum atomic E-state index is 15.2. The molecule has 0 saturated carbocycles. The summed E-state index contributed by atoms with van der Waals surface area (Å²) in [5.41, 5.74) is 4.54. The van der Waals surface area contributed by atoms with Crippen LogP contribution in [0.25, 0.3) is 5.57 Å². The van der Waals surface area contributed by atoms with Gasteiger partial charge in [0, 0.05) is 24.0 Å². The molecule has 0 saturated heterocycles. The minimum absolute atomic E-state index is 0.0167. The SMILES string of the molecule is C=C1/C=C(F)\C=C(\c2c(C)cc(OCCC(C)(C)O)cc2C)CCC[C@H]1Oc1ccc2c(c1)OC[C@H]2CC(=O)O. The summed E-state index contributed by atoms with van der Waals surface area (Å²) in [7, 11) is 0. The van der Waals surface area contributed by atoms with E-state index in [9.17, 15) is 9.90 Å². The number of benzene rings is 2. The summed E-state index contributed by atoms with van der Waals surface area (Å²) in [6.45, 7) is 12.3. The second-order valence-electron chi connectivity index (χ2n) is 11.4. The van der Waals surface area contributed by atoms with Crippen LogP contribution < -0.4 is 14.2 Å². The average molecular weight is 551 g/mol. The van der Waals surface area contributed by atoms with Crippen LogP contribution in [-0.2, 0) is 4.79 Å². The quantitative estimate of drug-likeness (QED) is 0.343. The topological polar surface area (TPSA) is 85.2 Å². The third-order valence-corrected chi connectivity index (χ3v) is 7.34. The van der Waals surface area contributed by atoms with Crippen LogP contribution in [0.4, 0.5) is 4.39 Å². The zero-order valence-electron chi connectivity index (χ0n) is 23.8. The van der Waals surface area contributed by atoms with Gasteiger partial charge in [0.05, 0.1) is 25.2 Å². The first-order valence-electron chi connectivity index (χ1n) is 13.8. The van der Waals surface area contributed by atoms with Crippen LogP contribution in [0.2, 0.25) is 0 Å². The van der Waals surface area contributed by atoms with Crippen molar-refractivity contribution >= 4 is 11.5 Å². The van der Waals surface area contributed by atoms with E-state index in [0.717, 1.165) is 40.0 Å². The Hall–Kier alpha value is -3.58. The molecule has 0 fully saturated rings. The number of aliphatic carboxylic acids is 1. The first-order chi connectivity index (χ1) is 18.9. The molecule has 2 atom stereocenters. The summed E-state index contributed by atoms with van der Waals surface area (Å²) in [5, 5.41) is 19.1. The van der Waals surface area contributed by atoms with Gasteiger partial charge in [-0.15, -0.1) is 0 Å². The van der Waals surface area contributed by atoms with Gasteiger partial charge in [-0.3, -0.25) is 4.79 Å². The van der Waals surface area contributed by atoms with Crippen molar-refractivity contribution in [3.05, 3.63) is 82.7 Å². The smallest absolute Gasteiger partial charge is 0.304 e. The number of hydrogen-bond acceptors (Lipinski definition) is 5. The second-order valence-corrected chi connectivity index (χ2v) is 11.4. The van der Waals surface area contributed by atoms with Crippen LogP contribution in [0.1, 0.15) is 74.1 Å². The first kappa shape index (κ1) is 29.4. The van der Waals surface area contributed by atoms with Crippen molar-refractivity contribution in [1.82, 2.24) is 0 Å². The number of carboxylic acids is 1. The van der Waals surface area contributed by atoms with Crippen molar-refractivity contribution in [3.63, 3.8) is 0 Å². The molecule has 1 aliphatic carbocycles. The van der Waals surface area contributed by atoms with Crippen molar-refractivity contribution in [2.75, 3.05) is 13.2 Å². The molecular formula is C33H39FO6.